The molecule has 0 bridgehead atoms. The van der Waals surface area contributed by atoms with E-state index in [9.17, 15) is 0 Å². The van der Waals surface area contributed by atoms with Crippen LogP contribution in [0.25, 0.3) is 0 Å². The van der Waals surface area contributed by atoms with Crippen LogP contribution in [0.3, 0.4) is 0 Å². The van der Waals surface area contributed by atoms with Gasteiger partial charge < -0.3 is 15.0 Å². The molecule has 0 amide bonds. The Hall–Kier alpha value is -2.44. The van der Waals surface area contributed by atoms with E-state index < -0.39 is 0 Å². The summed E-state index contributed by atoms with van der Waals surface area (Å²) >= 11 is 7.41. The number of anilines is 1. The van der Waals surface area contributed by atoms with Crippen molar-refractivity contribution in [2.75, 3.05) is 12.0 Å². The molecule has 3 aromatic rings. The lowest BCUT2D eigenvalue weighted by Gasteiger charge is -2.27. The number of thiophene rings is 1. The van der Waals surface area contributed by atoms with Crippen molar-refractivity contribution in [2.24, 2.45) is 0 Å². The highest BCUT2D eigenvalue weighted by Crippen LogP contribution is 2.43. The summed E-state index contributed by atoms with van der Waals surface area (Å²) < 4.78 is 5.27. The molecule has 0 spiro atoms. The first-order valence-electron chi connectivity index (χ1n) is 7.96. The zero-order valence-electron chi connectivity index (χ0n) is 13.6. The maximum atomic E-state index is 5.67. The normalized spacial score (nSPS) is 19.7. The van der Waals surface area contributed by atoms with Gasteiger partial charge in [0.1, 0.15) is 5.75 Å². The van der Waals surface area contributed by atoms with Gasteiger partial charge in [-0.1, -0.05) is 12.1 Å². The summed E-state index contributed by atoms with van der Waals surface area (Å²) in [7, 11) is 1.67. The summed E-state index contributed by atoms with van der Waals surface area (Å²) in [4.78, 5) is 7.96. The fourth-order valence-corrected chi connectivity index (χ4v) is 4.32. The minimum absolute atomic E-state index is 0.00875. The maximum Gasteiger partial charge on any atom is 0.174 e. The number of ether oxygens (including phenoxy) is 1. The van der Waals surface area contributed by atoms with E-state index in [0.717, 1.165) is 17.1 Å². The van der Waals surface area contributed by atoms with Crippen molar-refractivity contribution in [2.45, 2.75) is 12.1 Å². The number of methoxy groups -OCH3 is 1. The second kappa shape index (κ2) is 6.82. The smallest absolute Gasteiger partial charge is 0.174 e. The van der Waals surface area contributed by atoms with Crippen LogP contribution in [-0.2, 0) is 0 Å². The first-order chi connectivity index (χ1) is 12.3. The van der Waals surface area contributed by atoms with E-state index in [1.807, 2.05) is 48.7 Å². The maximum absolute atomic E-state index is 5.67. The number of aromatic nitrogens is 1. The summed E-state index contributed by atoms with van der Waals surface area (Å²) in [6, 6.07) is 18.3. The van der Waals surface area contributed by atoms with E-state index in [0.29, 0.717) is 5.11 Å². The number of pyridine rings is 1. The van der Waals surface area contributed by atoms with Crippen LogP contribution in [-0.4, -0.2) is 17.2 Å². The van der Waals surface area contributed by atoms with Gasteiger partial charge in [0.15, 0.2) is 5.11 Å². The Kier molecular flexibility index (Phi) is 4.38. The molecule has 1 N–H and O–H groups in total. The first-order valence-corrected chi connectivity index (χ1v) is 9.25. The van der Waals surface area contributed by atoms with Gasteiger partial charge in [-0.2, -0.15) is 0 Å². The molecule has 25 heavy (non-hydrogen) atoms. The third-order valence-corrected chi connectivity index (χ3v) is 5.54. The average molecular weight is 367 g/mol. The molecular weight excluding hydrogens is 350 g/mol. The Morgan fingerprint density at radius 3 is 2.60 bits per heavy atom. The van der Waals surface area contributed by atoms with E-state index in [4.69, 9.17) is 17.0 Å². The average Bonchev–Trinajstić information content (AvgIpc) is 3.30. The van der Waals surface area contributed by atoms with Crippen molar-refractivity contribution < 1.29 is 4.74 Å². The number of rotatable bonds is 4. The second-order valence-corrected chi connectivity index (χ2v) is 7.08. The minimum Gasteiger partial charge on any atom is -0.497 e. The van der Waals surface area contributed by atoms with Gasteiger partial charge in [0.2, 0.25) is 0 Å². The molecule has 4 nitrogen and oxygen atoms in total. The van der Waals surface area contributed by atoms with Crippen molar-refractivity contribution >= 4 is 34.4 Å². The molecule has 1 aliphatic rings. The molecule has 126 valence electrons. The lowest BCUT2D eigenvalue weighted by Crippen LogP contribution is -2.28. The largest absolute Gasteiger partial charge is 0.497 e. The molecule has 0 saturated carbocycles. The molecule has 3 heterocycles. The van der Waals surface area contributed by atoms with Crippen LogP contribution < -0.4 is 15.0 Å². The highest BCUT2D eigenvalue weighted by atomic mass is 32.1. The van der Waals surface area contributed by atoms with Crippen LogP contribution >= 0.6 is 23.6 Å². The fraction of sp³-hybridized carbons (Fsp3) is 0.158. The third-order valence-electron chi connectivity index (χ3n) is 4.28. The number of benzene rings is 1. The molecule has 1 saturated heterocycles. The van der Waals surface area contributed by atoms with E-state index in [1.54, 1.807) is 18.4 Å². The molecular formula is C19H17N3OS2. The first kappa shape index (κ1) is 16.1. The summed E-state index contributed by atoms with van der Waals surface area (Å²) in [5.41, 5.74) is 2.02. The topological polar surface area (TPSA) is 37.4 Å². The third kappa shape index (κ3) is 2.99. The summed E-state index contributed by atoms with van der Waals surface area (Å²) in [6.07, 6.45) is 1.82. The van der Waals surface area contributed by atoms with E-state index in [-0.39, 0.29) is 12.1 Å². The predicted molar refractivity (Wildman–Crippen MR) is 105 cm³/mol. The van der Waals surface area contributed by atoms with Crippen molar-refractivity contribution in [1.82, 2.24) is 10.3 Å². The lowest BCUT2D eigenvalue weighted by atomic mass is 10.0. The molecule has 2 unspecified atom stereocenters. The Morgan fingerprint density at radius 1 is 1.12 bits per heavy atom. The SMILES string of the molecule is COc1ccc(N2C(=S)NC(c3ccccn3)C2c2cccs2)cc1. The van der Waals surface area contributed by atoms with Gasteiger partial charge >= 0.3 is 0 Å². The fourth-order valence-electron chi connectivity index (χ4n) is 3.12. The van der Waals surface area contributed by atoms with Crippen molar-refractivity contribution in [3.8, 4) is 5.75 Å². The summed E-state index contributed by atoms with van der Waals surface area (Å²) in [5.74, 6) is 0.829. The molecule has 2 atom stereocenters. The molecule has 2 aromatic heterocycles. The van der Waals surface area contributed by atoms with Crippen molar-refractivity contribution in [3.63, 3.8) is 0 Å². The van der Waals surface area contributed by atoms with Crippen LogP contribution in [0.5, 0.6) is 5.75 Å². The monoisotopic (exact) mass is 367 g/mol. The molecule has 1 aromatic carbocycles. The van der Waals surface area contributed by atoms with E-state index >= 15 is 0 Å². The van der Waals surface area contributed by atoms with Crippen LogP contribution in [0, 0.1) is 0 Å². The van der Waals surface area contributed by atoms with Gasteiger partial charge in [0, 0.05) is 16.8 Å². The predicted octanol–water partition coefficient (Wildman–Crippen LogP) is 4.33. The van der Waals surface area contributed by atoms with Gasteiger partial charge in [0.05, 0.1) is 24.9 Å². The van der Waals surface area contributed by atoms with Gasteiger partial charge in [-0.15, -0.1) is 11.3 Å². The Bertz CT molecular complexity index is 850. The van der Waals surface area contributed by atoms with Gasteiger partial charge in [-0.3, -0.25) is 4.98 Å². The van der Waals surface area contributed by atoms with E-state index in [2.05, 4.69) is 32.7 Å². The number of hydrogen-bond acceptors (Lipinski definition) is 4. The van der Waals surface area contributed by atoms with Crippen LogP contribution in [0.15, 0.2) is 66.2 Å². The number of nitrogens with one attached hydrogen (secondary N) is 1. The van der Waals surface area contributed by atoms with Crippen molar-refractivity contribution in [1.29, 1.82) is 0 Å². The summed E-state index contributed by atoms with van der Waals surface area (Å²) in [6.45, 7) is 0. The molecule has 0 radical (unpaired) electrons. The standard InChI is InChI=1S/C19H17N3OS2/c1-23-14-9-7-13(8-10-14)22-18(16-6-4-12-25-16)17(21-19(22)24)15-5-2-3-11-20-15/h2-12,17-18H,1H3,(H,21,24). The number of hydrogen-bond donors (Lipinski definition) is 1. The molecule has 6 heteroatoms. The number of nitrogens with zero attached hydrogens (tertiary/aromatic N) is 2. The second-order valence-electron chi connectivity index (χ2n) is 5.71. The van der Waals surface area contributed by atoms with E-state index in [1.165, 1.54) is 4.88 Å². The zero-order chi connectivity index (χ0) is 17.2. The van der Waals surface area contributed by atoms with Crippen molar-refractivity contribution in [3.05, 3.63) is 76.7 Å². The highest BCUT2D eigenvalue weighted by molar-refractivity contribution is 7.80. The van der Waals surface area contributed by atoms with Gasteiger partial charge in [-0.05, 0) is 60.1 Å². The number of thiocarbonyl (C=S) groups is 1. The molecule has 1 aliphatic heterocycles. The Morgan fingerprint density at radius 2 is 1.96 bits per heavy atom. The van der Waals surface area contributed by atoms with Gasteiger partial charge in [-0.25, -0.2) is 0 Å². The van der Waals surface area contributed by atoms with Gasteiger partial charge in [0.25, 0.3) is 0 Å². The lowest BCUT2D eigenvalue weighted by molar-refractivity contribution is 0.415. The Balaban J connectivity index is 1.77. The zero-order valence-corrected chi connectivity index (χ0v) is 15.3. The molecule has 4 rings (SSSR count). The molecule has 1 fully saturated rings. The van der Waals surface area contributed by atoms with Crippen LogP contribution in [0.1, 0.15) is 22.7 Å². The minimum atomic E-state index is 0.00875. The van der Waals surface area contributed by atoms with Crippen LogP contribution in [0.4, 0.5) is 5.69 Å². The quantitative estimate of drug-likeness (QED) is 0.695. The van der Waals surface area contributed by atoms with Crippen LogP contribution in [0.2, 0.25) is 0 Å². The summed E-state index contributed by atoms with van der Waals surface area (Å²) in [5, 5.41) is 6.26. The highest BCUT2D eigenvalue weighted by Gasteiger charge is 2.41. The molecule has 0 aliphatic carbocycles. The Labute approximate surface area is 156 Å².